The fraction of sp³-hybridized carbons (Fsp3) is 0.857. The molecule has 0 aromatic carbocycles. The molecule has 0 bridgehead atoms. The molecule has 14 heavy (non-hydrogen) atoms. The number of aliphatic hydroxyl groups is 1. The van der Waals surface area contributed by atoms with Crippen LogP contribution in [-0.4, -0.2) is 43.1 Å². The number of hydrogen-bond donors (Lipinski definition) is 2. The fourth-order valence-corrected chi connectivity index (χ4v) is 2.21. The summed E-state index contributed by atoms with van der Waals surface area (Å²) < 4.78 is 27.0. The van der Waals surface area contributed by atoms with Crippen molar-refractivity contribution in [2.24, 2.45) is 0 Å². The van der Waals surface area contributed by atoms with Crippen molar-refractivity contribution in [2.45, 2.75) is 25.0 Å². The Morgan fingerprint density at radius 1 is 1.50 bits per heavy atom. The summed E-state index contributed by atoms with van der Waals surface area (Å²) in [5, 5.41) is 15.8. The number of hydrogen-bond acceptors (Lipinski definition) is 5. The molecule has 0 saturated carbocycles. The Kier molecular flexibility index (Phi) is 5.66. The number of carboxylic acids is 1. The molecule has 0 aliphatic heterocycles. The molecule has 0 amide bonds. The maximum atomic E-state index is 11.3. The van der Waals surface area contributed by atoms with Gasteiger partial charge in [0.25, 0.3) is 10.1 Å². The van der Waals surface area contributed by atoms with Gasteiger partial charge in [-0.1, -0.05) is 0 Å². The highest BCUT2D eigenvalue weighted by Crippen LogP contribution is 2.12. The van der Waals surface area contributed by atoms with Crippen molar-refractivity contribution >= 4 is 16.1 Å². The van der Waals surface area contributed by atoms with Gasteiger partial charge < -0.3 is 10.2 Å². The first kappa shape index (κ1) is 13.3. The lowest BCUT2D eigenvalue weighted by Crippen LogP contribution is -2.27. The summed E-state index contributed by atoms with van der Waals surface area (Å²) in [6, 6.07) is 0. The number of carbonyl (C=O) groups is 1. The van der Waals surface area contributed by atoms with E-state index in [1.165, 1.54) is 6.92 Å². The van der Waals surface area contributed by atoms with Crippen LogP contribution in [0.4, 0.5) is 0 Å². The normalized spacial score (nSPS) is 13.9. The minimum atomic E-state index is -3.87. The lowest BCUT2D eigenvalue weighted by atomic mass is 10.2. The van der Waals surface area contributed by atoms with E-state index in [9.17, 15) is 13.2 Å². The average Bonchev–Trinajstić information content (AvgIpc) is 2.02. The molecule has 84 valence electrons. The van der Waals surface area contributed by atoms with Crippen LogP contribution in [0.3, 0.4) is 0 Å². The van der Waals surface area contributed by atoms with Gasteiger partial charge in [0, 0.05) is 6.61 Å². The Labute approximate surface area is 82.6 Å². The van der Waals surface area contributed by atoms with Crippen LogP contribution in [0.1, 0.15) is 19.8 Å². The average molecular weight is 226 g/mol. The molecular formula is C7H14O6S. The molecule has 0 aliphatic carbocycles. The van der Waals surface area contributed by atoms with E-state index < -0.39 is 27.8 Å². The van der Waals surface area contributed by atoms with Crippen LogP contribution < -0.4 is 0 Å². The van der Waals surface area contributed by atoms with Crippen molar-refractivity contribution in [3.8, 4) is 0 Å². The third-order valence-electron chi connectivity index (χ3n) is 1.54. The second kappa shape index (κ2) is 5.94. The van der Waals surface area contributed by atoms with Crippen molar-refractivity contribution in [3.63, 3.8) is 0 Å². The van der Waals surface area contributed by atoms with Gasteiger partial charge in [-0.2, -0.15) is 8.42 Å². The summed E-state index contributed by atoms with van der Waals surface area (Å²) in [6.07, 6.45) is -0.683. The zero-order valence-electron chi connectivity index (χ0n) is 7.84. The number of carboxylic acid groups (broad SMARTS) is 1. The van der Waals surface area contributed by atoms with E-state index in [-0.39, 0.29) is 19.6 Å². The quantitative estimate of drug-likeness (QED) is 0.572. The van der Waals surface area contributed by atoms with Crippen molar-refractivity contribution in [2.75, 3.05) is 13.2 Å². The van der Waals surface area contributed by atoms with E-state index in [1.807, 2.05) is 0 Å². The van der Waals surface area contributed by atoms with E-state index in [0.717, 1.165) is 0 Å². The largest absolute Gasteiger partial charge is 0.481 e. The minimum absolute atomic E-state index is 0.0378. The van der Waals surface area contributed by atoms with Gasteiger partial charge in [-0.3, -0.25) is 8.98 Å². The van der Waals surface area contributed by atoms with Crippen LogP contribution in [0.15, 0.2) is 0 Å². The molecule has 0 heterocycles. The van der Waals surface area contributed by atoms with Gasteiger partial charge in [-0.25, -0.2) is 0 Å². The van der Waals surface area contributed by atoms with E-state index in [0.29, 0.717) is 0 Å². The molecule has 0 radical (unpaired) electrons. The third kappa shape index (κ3) is 4.54. The summed E-state index contributed by atoms with van der Waals surface area (Å²) in [5.74, 6) is -1.23. The Bertz CT molecular complexity index is 270. The molecule has 0 aromatic heterocycles. The van der Waals surface area contributed by atoms with E-state index in [4.69, 9.17) is 10.2 Å². The number of aliphatic carboxylic acids is 1. The lowest BCUT2D eigenvalue weighted by molar-refractivity contribution is -0.137. The molecule has 0 saturated heterocycles. The van der Waals surface area contributed by atoms with Crippen LogP contribution in [0.5, 0.6) is 0 Å². The summed E-state index contributed by atoms with van der Waals surface area (Å²) in [4.78, 5) is 10.3. The van der Waals surface area contributed by atoms with Crippen LogP contribution in [-0.2, 0) is 19.1 Å². The van der Waals surface area contributed by atoms with Gasteiger partial charge >= 0.3 is 5.97 Å². The second-order valence-corrected chi connectivity index (χ2v) is 4.52. The first-order chi connectivity index (χ1) is 6.44. The molecule has 1 unspecified atom stereocenters. The first-order valence-corrected chi connectivity index (χ1v) is 5.62. The molecule has 1 atom stereocenters. The lowest BCUT2D eigenvalue weighted by Gasteiger charge is -2.13. The van der Waals surface area contributed by atoms with E-state index in [1.54, 1.807) is 0 Å². The van der Waals surface area contributed by atoms with Crippen molar-refractivity contribution < 1.29 is 27.6 Å². The third-order valence-corrected chi connectivity index (χ3v) is 3.33. The van der Waals surface area contributed by atoms with E-state index >= 15 is 0 Å². The number of aliphatic hydroxyl groups excluding tert-OH is 1. The summed E-state index contributed by atoms with van der Waals surface area (Å²) in [7, 11) is -3.87. The molecule has 7 heteroatoms. The van der Waals surface area contributed by atoms with Crippen LogP contribution in [0, 0.1) is 0 Å². The summed E-state index contributed by atoms with van der Waals surface area (Å²) in [5.41, 5.74) is 0. The summed E-state index contributed by atoms with van der Waals surface area (Å²) in [6.45, 7) is 1.07. The van der Waals surface area contributed by atoms with Gasteiger partial charge in [0.2, 0.25) is 0 Å². The molecule has 0 fully saturated rings. The smallest absolute Gasteiger partial charge is 0.304 e. The topological polar surface area (TPSA) is 101 Å². The molecule has 6 nitrogen and oxygen atoms in total. The standard InChI is InChI=1S/C7H14O6S/c1-2-13-14(11,12)6(3-4-8)5-7(9)10/h6,8H,2-5H2,1H3,(H,9,10). The monoisotopic (exact) mass is 226 g/mol. The Morgan fingerprint density at radius 3 is 2.43 bits per heavy atom. The fourth-order valence-electron chi connectivity index (χ4n) is 0.948. The SMILES string of the molecule is CCOS(=O)(=O)C(CCO)CC(=O)O. The number of rotatable bonds is 7. The Balaban J connectivity index is 4.54. The minimum Gasteiger partial charge on any atom is -0.481 e. The Morgan fingerprint density at radius 2 is 2.07 bits per heavy atom. The van der Waals surface area contributed by atoms with Crippen LogP contribution in [0.2, 0.25) is 0 Å². The zero-order valence-corrected chi connectivity index (χ0v) is 8.66. The van der Waals surface area contributed by atoms with Crippen LogP contribution in [0.25, 0.3) is 0 Å². The highest BCUT2D eigenvalue weighted by Gasteiger charge is 2.27. The molecule has 0 aliphatic rings. The van der Waals surface area contributed by atoms with Crippen molar-refractivity contribution in [1.29, 1.82) is 0 Å². The van der Waals surface area contributed by atoms with Crippen molar-refractivity contribution in [1.82, 2.24) is 0 Å². The molecule has 0 aromatic rings. The predicted molar refractivity (Wildman–Crippen MR) is 48.3 cm³/mol. The first-order valence-electron chi connectivity index (χ1n) is 4.15. The van der Waals surface area contributed by atoms with Gasteiger partial charge in [0.15, 0.2) is 0 Å². The second-order valence-electron chi connectivity index (χ2n) is 2.63. The summed E-state index contributed by atoms with van der Waals surface area (Å²) >= 11 is 0. The zero-order chi connectivity index (χ0) is 11.2. The van der Waals surface area contributed by atoms with Gasteiger partial charge in [0.05, 0.1) is 18.3 Å². The predicted octanol–water partition coefficient (Wildman–Crippen LogP) is -0.422. The van der Waals surface area contributed by atoms with E-state index in [2.05, 4.69) is 4.18 Å². The van der Waals surface area contributed by atoms with Crippen molar-refractivity contribution in [3.05, 3.63) is 0 Å². The highest BCUT2D eigenvalue weighted by molar-refractivity contribution is 7.87. The maximum absolute atomic E-state index is 11.3. The van der Waals surface area contributed by atoms with Gasteiger partial charge in [-0.15, -0.1) is 0 Å². The van der Waals surface area contributed by atoms with Gasteiger partial charge in [0.1, 0.15) is 0 Å². The molecule has 0 spiro atoms. The highest BCUT2D eigenvalue weighted by atomic mass is 32.2. The molecular weight excluding hydrogens is 212 g/mol. The van der Waals surface area contributed by atoms with Crippen LogP contribution >= 0.6 is 0 Å². The Hall–Kier alpha value is -0.660. The maximum Gasteiger partial charge on any atom is 0.304 e. The molecule has 0 rings (SSSR count). The molecule has 2 N–H and O–H groups in total. The van der Waals surface area contributed by atoms with Gasteiger partial charge in [-0.05, 0) is 13.3 Å².